The van der Waals surface area contributed by atoms with Gasteiger partial charge in [-0.1, -0.05) is 6.92 Å². The van der Waals surface area contributed by atoms with Crippen LogP contribution in [0.4, 0.5) is 0 Å². The molecule has 1 N–H and O–H groups in total. The van der Waals surface area contributed by atoms with Crippen LogP contribution in [-0.4, -0.2) is 25.3 Å². The highest BCUT2D eigenvalue weighted by Crippen LogP contribution is 2.04. The molecule has 1 rings (SSSR count). The molecule has 0 aliphatic carbocycles. The van der Waals surface area contributed by atoms with E-state index in [-0.39, 0.29) is 11.9 Å². The fraction of sp³-hybridized carbons (Fsp3) is 0.667. The average Bonchev–Trinajstić information content (AvgIpc) is 2.34. The molecule has 1 unspecified atom stereocenters. The highest BCUT2D eigenvalue weighted by Gasteiger charge is 2.23. The van der Waals surface area contributed by atoms with Gasteiger partial charge in [-0.25, -0.2) is 4.79 Å². The number of hydrogen-bond donors (Lipinski definition) is 1. The SMILES string of the molecule is COC(=O)C1=NNCC1C. The minimum atomic E-state index is -0.336. The van der Waals surface area contributed by atoms with Crippen molar-refractivity contribution in [1.29, 1.82) is 0 Å². The summed E-state index contributed by atoms with van der Waals surface area (Å²) in [6.07, 6.45) is 0. The Hall–Kier alpha value is -1.06. The fourth-order valence-electron chi connectivity index (χ4n) is 0.826. The van der Waals surface area contributed by atoms with Crippen LogP contribution in [-0.2, 0) is 9.53 Å². The lowest BCUT2D eigenvalue weighted by Gasteiger charge is -2.00. The highest BCUT2D eigenvalue weighted by atomic mass is 16.5. The molecule has 0 aromatic carbocycles. The van der Waals surface area contributed by atoms with Gasteiger partial charge in [0, 0.05) is 12.5 Å². The summed E-state index contributed by atoms with van der Waals surface area (Å²) in [4.78, 5) is 10.8. The van der Waals surface area contributed by atoms with Gasteiger partial charge in [-0.3, -0.25) is 0 Å². The number of nitrogens with one attached hydrogen (secondary N) is 1. The summed E-state index contributed by atoms with van der Waals surface area (Å²) in [7, 11) is 1.36. The number of hydrogen-bond acceptors (Lipinski definition) is 4. The van der Waals surface area contributed by atoms with E-state index in [1.807, 2.05) is 6.92 Å². The molecule has 0 bridgehead atoms. The predicted octanol–water partition coefficient (Wildman–Crippen LogP) is -0.245. The van der Waals surface area contributed by atoms with Crippen molar-refractivity contribution in [2.45, 2.75) is 6.92 Å². The number of rotatable bonds is 1. The molecule has 0 aromatic rings. The largest absolute Gasteiger partial charge is 0.464 e. The maximum atomic E-state index is 10.8. The van der Waals surface area contributed by atoms with Crippen molar-refractivity contribution >= 4 is 11.7 Å². The smallest absolute Gasteiger partial charge is 0.354 e. The summed E-state index contributed by atoms with van der Waals surface area (Å²) in [5, 5.41) is 3.78. The summed E-state index contributed by atoms with van der Waals surface area (Å²) in [6.45, 7) is 2.65. The molecule has 1 aliphatic heterocycles. The quantitative estimate of drug-likeness (QED) is 0.514. The van der Waals surface area contributed by atoms with Crippen LogP contribution in [0.2, 0.25) is 0 Å². The van der Waals surface area contributed by atoms with Crippen LogP contribution in [0.15, 0.2) is 5.10 Å². The zero-order valence-corrected chi connectivity index (χ0v) is 6.05. The first-order valence-electron chi connectivity index (χ1n) is 3.14. The molecular weight excluding hydrogens is 132 g/mol. The van der Waals surface area contributed by atoms with Gasteiger partial charge in [-0.05, 0) is 0 Å². The van der Waals surface area contributed by atoms with Gasteiger partial charge in [0.15, 0.2) is 0 Å². The van der Waals surface area contributed by atoms with E-state index < -0.39 is 0 Å². The van der Waals surface area contributed by atoms with Gasteiger partial charge in [-0.2, -0.15) is 5.10 Å². The molecule has 1 aliphatic rings. The van der Waals surface area contributed by atoms with Gasteiger partial charge in [0.1, 0.15) is 5.71 Å². The Morgan fingerprint density at radius 2 is 2.60 bits per heavy atom. The Labute approximate surface area is 59.2 Å². The van der Waals surface area contributed by atoms with Crippen molar-refractivity contribution in [2.24, 2.45) is 11.0 Å². The van der Waals surface area contributed by atoms with Crippen molar-refractivity contribution < 1.29 is 9.53 Å². The van der Waals surface area contributed by atoms with E-state index in [0.717, 1.165) is 6.54 Å². The topological polar surface area (TPSA) is 50.7 Å². The molecule has 0 fully saturated rings. The lowest BCUT2D eigenvalue weighted by atomic mass is 10.1. The summed E-state index contributed by atoms with van der Waals surface area (Å²) in [6, 6.07) is 0. The molecule has 4 nitrogen and oxygen atoms in total. The van der Waals surface area contributed by atoms with Crippen LogP contribution in [0.5, 0.6) is 0 Å². The van der Waals surface area contributed by atoms with Crippen molar-refractivity contribution in [1.82, 2.24) is 5.43 Å². The third-order valence-corrected chi connectivity index (χ3v) is 1.46. The van der Waals surface area contributed by atoms with E-state index in [4.69, 9.17) is 0 Å². The van der Waals surface area contributed by atoms with E-state index in [1.54, 1.807) is 0 Å². The molecule has 0 saturated carbocycles. The molecule has 1 heterocycles. The molecule has 56 valence electrons. The summed E-state index contributed by atoms with van der Waals surface area (Å²) in [5.74, 6) is -0.162. The fourth-order valence-corrected chi connectivity index (χ4v) is 0.826. The van der Waals surface area contributed by atoms with E-state index in [2.05, 4.69) is 15.3 Å². The van der Waals surface area contributed by atoms with Gasteiger partial charge in [0.25, 0.3) is 0 Å². The number of hydrazone groups is 1. The first-order valence-corrected chi connectivity index (χ1v) is 3.14. The zero-order chi connectivity index (χ0) is 7.56. The van der Waals surface area contributed by atoms with E-state index in [1.165, 1.54) is 7.11 Å². The summed E-state index contributed by atoms with van der Waals surface area (Å²) in [5.41, 5.74) is 3.21. The van der Waals surface area contributed by atoms with Crippen LogP contribution in [0.1, 0.15) is 6.92 Å². The van der Waals surface area contributed by atoms with Gasteiger partial charge in [0.05, 0.1) is 7.11 Å². The zero-order valence-electron chi connectivity index (χ0n) is 6.05. The van der Waals surface area contributed by atoms with Gasteiger partial charge in [0.2, 0.25) is 0 Å². The van der Waals surface area contributed by atoms with Crippen LogP contribution < -0.4 is 5.43 Å². The van der Waals surface area contributed by atoms with Crippen LogP contribution in [0.25, 0.3) is 0 Å². The molecule has 0 saturated heterocycles. The molecule has 4 heteroatoms. The molecule has 0 radical (unpaired) electrons. The molecule has 1 atom stereocenters. The second kappa shape index (κ2) is 2.68. The van der Waals surface area contributed by atoms with Crippen molar-refractivity contribution in [3.05, 3.63) is 0 Å². The second-order valence-electron chi connectivity index (χ2n) is 2.25. The molecule has 10 heavy (non-hydrogen) atoms. The van der Waals surface area contributed by atoms with Gasteiger partial charge in [-0.15, -0.1) is 0 Å². The minimum absolute atomic E-state index is 0.174. The maximum absolute atomic E-state index is 10.8. The number of carbonyl (C=O) groups is 1. The van der Waals surface area contributed by atoms with Gasteiger partial charge >= 0.3 is 5.97 Å². The standard InChI is InChI=1S/C6H10N2O2/c1-4-3-7-8-5(4)6(9)10-2/h4,7H,3H2,1-2H3. The van der Waals surface area contributed by atoms with Crippen molar-refractivity contribution in [3.8, 4) is 0 Å². The number of ether oxygens (including phenoxy) is 1. The minimum Gasteiger partial charge on any atom is -0.464 e. The highest BCUT2D eigenvalue weighted by molar-refractivity contribution is 6.37. The lowest BCUT2D eigenvalue weighted by molar-refractivity contribution is -0.132. The predicted molar refractivity (Wildman–Crippen MR) is 36.6 cm³/mol. The maximum Gasteiger partial charge on any atom is 0.354 e. The average molecular weight is 142 g/mol. The molecular formula is C6H10N2O2. The third-order valence-electron chi connectivity index (χ3n) is 1.46. The van der Waals surface area contributed by atoms with E-state index in [0.29, 0.717) is 5.71 Å². The third kappa shape index (κ3) is 1.10. The summed E-state index contributed by atoms with van der Waals surface area (Å²) >= 11 is 0. The second-order valence-corrected chi connectivity index (χ2v) is 2.25. The Morgan fingerprint density at radius 1 is 1.90 bits per heavy atom. The lowest BCUT2D eigenvalue weighted by Crippen LogP contribution is -2.21. The van der Waals surface area contributed by atoms with Crippen molar-refractivity contribution in [3.63, 3.8) is 0 Å². The summed E-state index contributed by atoms with van der Waals surface area (Å²) < 4.78 is 4.49. The van der Waals surface area contributed by atoms with Crippen LogP contribution in [0.3, 0.4) is 0 Å². The van der Waals surface area contributed by atoms with E-state index >= 15 is 0 Å². The molecule has 0 spiro atoms. The Balaban J connectivity index is 2.63. The first kappa shape index (κ1) is 7.05. The molecule has 0 amide bonds. The van der Waals surface area contributed by atoms with Crippen LogP contribution in [0, 0.1) is 5.92 Å². The number of nitrogens with zero attached hydrogens (tertiary/aromatic N) is 1. The van der Waals surface area contributed by atoms with E-state index in [9.17, 15) is 4.79 Å². The molecule has 0 aromatic heterocycles. The Morgan fingerprint density at radius 3 is 3.00 bits per heavy atom. The normalized spacial score (nSPS) is 23.4. The van der Waals surface area contributed by atoms with Crippen molar-refractivity contribution in [2.75, 3.05) is 13.7 Å². The van der Waals surface area contributed by atoms with Crippen LogP contribution >= 0.6 is 0 Å². The number of methoxy groups -OCH3 is 1. The van der Waals surface area contributed by atoms with Gasteiger partial charge < -0.3 is 10.2 Å². The monoisotopic (exact) mass is 142 g/mol. The Kier molecular flexibility index (Phi) is 1.89. The Bertz CT molecular complexity index is 177. The number of carbonyl (C=O) groups excluding carboxylic acids is 1. The first-order chi connectivity index (χ1) is 4.75. The number of esters is 1.